The van der Waals surface area contributed by atoms with Crippen molar-refractivity contribution in [3.8, 4) is 0 Å². The van der Waals surface area contributed by atoms with Crippen molar-refractivity contribution in [2.75, 3.05) is 6.54 Å². The molecule has 3 atom stereocenters. The second-order valence-corrected chi connectivity index (χ2v) is 3.66. The molecule has 56 valence electrons. The molecule has 0 radical (unpaired) electrons. The predicted octanol–water partition coefficient (Wildman–Crippen LogP) is 1.77. The summed E-state index contributed by atoms with van der Waals surface area (Å²) in [6.07, 6.45) is 7.35. The van der Waals surface area contributed by atoms with Crippen LogP contribution in [0.15, 0.2) is 12.3 Å². The fourth-order valence-electron chi connectivity index (χ4n) is 2.31. The molecular weight excluding hydrogens is 122 g/mol. The Morgan fingerprint density at radius 1 is 1.40 bits per heavy atom. The zero-order valence-electron chi connectivity index (χ0n) is 6.51. The molecule has 1 aliphatic heterocycles. The smallest absolute Gasteiger partial charge is 0.0175 e. The van der Waals surface area contributed by atoms with E-state index in [0.29, 0.717) is 0 Å². The molecule has 0 aromatic heterocycles. The lowest BCUT2D eigenvalue weighted by Gasteiger charge is -2.23. The fourth-order valence-corrected chi connectivity index (χ4v) is 2.31. The molecule has 2 aliphatic rings. The Morgan fingerprint density at radius 3 is 3.10 bits per heavy atom. The quantitative estimate of drug-likeness (QED) is 0.536. The Balaban J connectivity index is 2.13. The lowest BCUT2D eigenvalue weighted by atomic mass is 9.89. The van der Waals surface area contributed by atoms with Crippen LogP contribution in [0.25, 0.3) is 0 Å². The third-order valence-electron chi connectivity index (χ3n) is 3.01. The Morgan fingerprint density at radius 2 is 2.30 bits per heavy atom. The van der Waals surface area contributed by atoms with Gasteiger partial charge in [-0.25, -0.2) is 0 Å². The van der Waals surface area contributed by atoms with Gasteiger partial charge >= 0.3 is 0 Å². The fraction of sp³-hybridized carbons (Fsp3) is 0.778. The average Bonchev–Trinajstić information content (AvgIpc) is 2.34. The molecule has 1 nitrogen and oxygen atoms in total. The maximum atomic E-state index is 3.30. The van der Waals surface area contributed by atoms with E-state index in [1.54, 1.807) is 0 Å². The van der Waals surface area contributed by atoms with E-state index in [2.05, 4.69) is 24.5 Å². The number of nitrogens with one attached hydrogen (secondary N) is 1. The first kappa shape index (κ1) is 6.26. The van der Waals surface area contributed by atoms with Gasteiger partial charge in [-0.3, -0.25) is 0 Å². The Bertz CT molecular complexity index is 151. The molecule has 1 heteroatoms. The van der Waals surface area contributed by atoms with Crippen molar-refractivity contribution in [3.05, 3.63) is 12.3 Å². The monoisotopic (exact) mass is 137 g/mol. The van der Waals surface area contributed by atoms with Crippen LogP contribution >= 0.6 is 0 Å². The summed E-state index contributed by atoms with van der Waals surface area (Å²) >= 11 is 0. The number of fused-ring (bicyclic) bond motifs is 1. The van der Waals surface area contributed by atoms with E-state index >= 15 is 0 Å². The lowest BCUT2D eigenvalue weighted by Crippen LogP contribution is -2.26. The summed E-state index contributed by atoms with van der Waals surface area (Å²) in [5.41, 5.74) is 0. The number of rotatable bonds is 0. The van der Waals surface area contributed by atoms with Crippen LogP contribution < -0.4 is 5.32 Å². The zero-order chi connectivity index (χ0) is 6.97. The zero-order valence-corrected chi connectivity index (χ0v) is 6.51. The highest BCUT2D eigenvalue weighted by molar-refractivity contribution is 5.01. The summed E-state index contributed by atoms with van der Waals surface area (Å²) in [6, 6.07) is 0. The summed E-state index contributed by atoms with van der Waals surface area (Å²) in [4.78, 5) is 0. The molecular formula is C9H15N. The SMILES string of the molecule is CC1CCC2CNC=CC12. The van der Waals surface area contributed by atoms with Crippen LogP contribution in [0.3, 0.4) is 0 Å². The molecule has 0 saturated heterocycles. The molecule has 2 rings (SSSR count). The molecule has 0 aromatic rings. The summed E-state index contributed by atoms with van der Waals surface area (Å²) < 4.78 is 0. The second-order valence-electron chi connectivity index (χ2n) is 3.66. The number of allylic oxidation sites excluding steroid dienone is 1. The predicted molar refractivity (Wildman–Crippen MR) is 42.5 cm³/mol. The normalized spacial score (nSPS) is 44.7. The van der Waals surface area contributed by atoms with Crippen LogP contribution in [-0.2, 0) is 0 Å². The Kier molecular flexibility index (Phi) is 1.44. The largest absolute Gasteiger partial charge is 0.391 e. The van der Waals surface area contributed by atoms with Crippen molar-refractivity contribution in [3.63, 3.8) is 0 Å². The highest BCUT2D eigenvalue weighted by Crippen LogP contribution is 2.38. The molecule has 10 heavy (non-hydrogen) atoms. The van der Waals surface area contributed by atoms with Crippen molar-refractivity contribution >= 4 is 0 Å². The summed E-state index contributed by atoms with van der Waals surface area (Å²) in [5.74, 6) is 2.77. The topological polar surface area (TPSA) is 12.0 Å². The van der Waals surface area contributed by atoms with Gasteiger partial charge in [0.15, 0.2) is 0 Å². The molecule has 1 heterocycles. The molecule has 1 saturated carbocycles. The van der Waals surface area contributed by atoms with E-state index in [9.17, 15) is 0 Å². The standard InChI is InChI=1S/C9H15N/c1-7-2-3-8-6-10-5-4-9(7)8/h4-5,7-10H,2-3,6H2,1H3. The third-order valence-corrected chi connectivity index (χ3v) is 3.01. The van der Waals surface area contributed by atoms with Crippen molar-refractivity contribution in [2.24, 2.45) is 17.8 Å². The minimum atomic E-state index is 0.890. The van der Waals surface area contributed by atoms with Crippen molar-refractivity contribution < 1.29 is 0 Å². The molecule has 1 fully saturated rings. The summed E-state index contributed by atoms with van der Waals surface area (Å²) in [6.45, 7) is 3.59. The molecule has 0 bridgehead atoms. The van der Waals surface area contributed by atoms with E-state index in [0.717, 1.165) is 17.8 Å². The van der Waals surface area contributed by atoms with Crippen LogP contribution in [0.2, 0.25) is 0 Å². The van der Waals surface area contributed by atoms with Gasteiger partial charge in [0.05, 0.1) is 0 Å². The van der Waals surface area contributed by atoms with E-state index in [4.69, 9.17) is 0 Å². The van der Waals surface area contributed by atoms with Crippen molar-refractivity contribution in [2.45, 2.75) is 19.8 Å². The minimum absolute atomic E-state index is 0.890. The van der Waals surface area contributed by atoms with Crippen LogP contribution in [0.1, 0.15) is 19.8 Å². The highest BCUT2D eigenvalue weighted by atomic mass is 14.9. The first-order valence-corrected chi connectivity index (χ1v) is 4.28. The van der Waals surface area contributed by atoms with Gasteiger partial charge < -0.3 is 5.32 Å². The van der Waals surface area contributed by atoms with E-state index in [1.807, 2.05) is 0 Å². The van der Waals surface area contributed by atoms with Gasteiger partial charge in [-0.1, -0.05) is 13.0 Å². The molecule has 3 unspecified atom stereocenters. The first-order valence-electron chi connectivity index (χ1n) is 4.28. The van der Waals surface area contributed by atoms with Gasteiger partial charge in [0.1, 0.15) is 0 Å². The molecule has 1 N–H and O–H groups in total. The maximum Gasteiger partial charge on any atom is 0.0175 e. The van der Waals surface area contributed by atoms with Crippen LogP contribution in [0, 0.1) is 17.8 Å². The van der Waals surface area contributed by atoms with Gasteiger partial charge in [-0.2, -0.15) is 0 Å². The number of hydrogen-bond acceptors (Lipinski definition) is 1. The van der Waals surface area contributed by atoms with E-state index in [-0.39, 0.29) is 0 Å². The minimum Gasteiger partial charge on any atom is -0.391 e. The molecule has 0 aromatic carbocycles. The van der Waals surface area contributed by atoms with Crippen molar-refractivity contribution in [1.29, 1.82) is 0 Å². The summed E-state index contributed by atoms with van der Waals surface area (Å²) in [7, 11) is 0. The van der Waals surface area contributed by atoms with E-state index < -0.39 is 0 Å². The van der Waals surface area contributed by atoms with Crippen LogP contribution in [-0.4, -0.2) is 6.54 Å². The second kappa shape index (κ2) is 2.30. The molecule has 1 aliphatic carbocycles. The van der Waals surface area contributed by atoms with Crippen molar-refractivity contribution in [1.82, 2.24) is 5.32 Å². The molecule has 0 spiro atoms. The van der Waals surface area contributed by atoms with Gasteiger partial charge in [-0.05, 0) is 36.8 Å². The van der Waals surface area contributed by atoms with Gasteiger partial charge in [-0.15, -0.1) is 0 Å². The van der Waals surface area contributed by atoms with Crippen LogP contribution in [0.4, 0.5) is 0 Å². The van der Waals surface area contributed by atoms with Crippen LogP contribution in [0.5, 0.6) is 0 Å². The first-order chi connectivity index (χ1) is 4.88. The van der Waals surface area contributed by atoms with Gasteiger partial charge in [0.25, 0.3) is 0 Å². The van der Waals surface area contributed by atoms with E-state index in [1.165, 1.54) is 19.4 Å². The third kappa shape index (κ3) is 0.845. The van der Waals surface area contributed by atoms with Gasteiger partial charge in [0, 0.05) is 6.54 Å². The Hall–Kier alpha value is -0.460. The highest BCUT2D eigenvalue weighted by Gasteiger charge is 2.32. The average molecular weight is 137 g/mol. The van der Waals surface area contributed by atoms with Gasteiger partial charge in [0.2, 0.25) is 0 Å². The maximum absolute atomic E-state index is 3.30. The summed E-state index contributed by atoms with van der Waals surface area (Å²) in [5, 5.41) is 3.30. The molecule has 0 amide bonds. The number of hydrogen-bond donors (Lipinski definition) is 1. The lowest BCUT2D eigenvalue weighted by molar-refractivity contribution is 0.375. The Labute approximate surface area is 62.5 Å².